The monoisotopic (exact) mass is 980 g/mol. The summed E-state index contributed by atoms with van der Waals surface area (Å²) >= 11 is 0. The van der Waals surface area contributed by atoms with Gasteiger partial charge in [0.2, 0.25) is 0 Å². The number of hydrogen-bond donors (Lipinski definition) is 0. The molecular weight excluding hydrogens is 932 g/mol. The fourth-order valence-corrected chi connectivity index (χ4v) is 12.4. The first-order valence-corrected chi connectivity index (χ1v) is 26.5. The average molecular weight is 981 g/mol. The summed E-state index contributed by atoms with van der Waals surface area (Å²) in [5.41, 5.74) is 24.3. The molecule has 0 bridgehead atoms. The topological polar surface area (TPSA) is 14.7 Å². The van der Waals surface area contributed by atoms with Crippen LogP contribution in [0.2, 0.25) is 0 Å². The second-order valence-electron chi connectivity index (χ2n) is 20.1. The van der Waals surface area contributed by atoms with Crippen molar-refractivity contribution in [1.82, 2.24) is 4.57 Å². The Morgan fingerprint density at radius 1 is 0.286 bits per heavy atom. The highest BCUT2D eigenvalue weighted by Crippen LogP contribution is 2.51. The fourth-order valence-electron chi connectivity index (χ4n) is 12.4. The Kier molecular flexibility index (Phi) is 10.6. The smallest absolute Gasteiger partial charge is 0.252 e. The van der Waals surface area contributed by atoms with Gasteiger partial charge in [0.1, 0.15) is 0 Å². The van der Waals surface area contributed by atoms with Crippen molar-refractivity contribution in [3.63, 3.8) is 0 Å². The summed E-state index contributed by atoms with van der Waals surface area (Å²) in [6.45, 7) is -0.152. The zero-order chi connectivity index (χ0) is 50.8. The Balaban J connectivity index is 1.10. The van der Waals surface area contributed by atoms with Gasteiger partial charge in [0.25, 0.3) is 6.71 Å². The lowest BCUT2D eigenvalue weighted by atomic mass is 9.33. The van der Waals surface area contributed by atoms with E-state index in [0.29, 0.717) is 0 Å². The van der Waals surface area contributed by atoms with Crippen LogP contribution >= 0.6 is 0 Å². The van der Waals surface area contributed by atoms with Gasteiger partial charge >= 0.3 is 0 Å². The van der Waals surface area contributed by atoms with Crippen molar-refractivity contribution >= 4 is 96.1 Å². The number of rotatable bonds is 9. The van der Waals surface area contributed by atoms with Crippen molar-refractivity contribution in [1.29, 1.82) is 0 Å². The lowest BCUT2D eigenvalue weighted by Gasteiger charge is -2.45. The van der Waals surface area contributed by atoms with E-state index in [0.717, 1.165) is 62.3 Å². The molecule has 0 spiro atoms. The molecule has 4 nitrogen and oxygen atoms in total. The van der Waals surface area contributed by atoms with Gasteiger partial charge in [-0.3, -0.25) is 0 Å². The average Bonchev–Trinajstić information content (AvgIpc) is 4.07. The molecular formula is C72H49BN4. The van der Waals surface area contributed by atoms with E-state index in [1.807, 2.05) is 0 Å². The van der Waals surface area contributed by atoms with E-state index in [4.69, 9.17) is 0 Å². The molecule has 0 amide bonds. The Hall–Kier alpha value is -10.1. The Morgan fingerprint density at radius 3 is 1.42 bits per heavy atom. The van der Waals surface area contributed by atoms with E-state index >= 15 is 0 Å². The van der Waals surface area contributed by atoms with Crippen LogP contribution in [0.3, 0.4) is 0 Å². The van der Waals surface area contributed by atoms with Crippen LogP contribution in [0, 0.1) is 0 Å². The molecule has 15 rings (SSSR count). The Morgan fingerprint density at radius 2 is 0.779 bits per heavy atom. The van der Waals surface area contributed by atoms with Crippen molar-refractivity contribution < 1.29 is 0 Å². The number of nitrogens with zero attached hydrogens (tertiary/aromatic N) is 4. The largest absolute Gasteiger partial charge is 0.311 e. The van der Waals surface area contributed by atoms with Crippen LogP contribution in [-0.2, 0) is 0 Å². The number of anilines is 9. The molecule has 0 atom stereocenters. The molecule has 0 saturated heterocycles. The van der Waals surface area contributed by atoms with Gasteiger partial charge in [0.05, 0.1) is 22.4 Å². The predicted molar refractivity (Wildman–Crippen MR) is 326 cm³/mol. The van der Waals surface area contributed by atoms with Gasteiger partial charge in [-0.1, -0.05) is 206 Å². The van der Waals surface area contributed by atoms with Gasteiger partial charge in [0.15, 0.2) is 0 Å². The number of hydrogen-bond acceptors (Lipinski definition) is 3. The van der Waals surface area contributed by atoms with Crippen LogP contribution in [0.1, 0.15) is 0 Å². The highest BCUT2D eigenvalue weighted by Gasteiger charge is 2.45. The Bertz CT molecular complexity index is 4280. The van der Waals surface area contributed by atoms with Gasteiger partial charge < -0.3 is 19.3 Å². The highest BCUT2D eigenvalue weighted by molar-refractivity contribution is 7.00. The van der Waals surface area contributed by atoms with E-state index in [9.17, 15) is 0 Å². The minimum absolute atomic E-state index is 0.152. The first-order valence-electron chi connectivity index (χ1n) is 26.5. The number of aromatic nitrogens is 1. The lowest BCUT2D eigenvalue weighted by Crippen LogP contribution is -2.61. The van der Waals surface area contributed by atoms with Gasteiger partial charge in [-0.05, 0) is 141 Å². The standard InChI is InChI=1S/C72H49BN4/c1-7-22-50(23-8-1)53-38-41-59(42-39-53)76-66-44-40-55(52-26-11-3-12-27-52)47-64(66)73-63-43-45-67-70(62-36-19-20-37-65(62)75(67)58-33-17-6-18-34-58)72(63)77(60-35-21-28-54(46-60)51-24-9-2-10-25-51)69-49-61(48-68(76)71(69)73)74(56-29-13-4-14-30-56)57-31-15-5-16-32-57/h1-49H. The highest BCUT2D eigenvalue weighted by atomic mass is 15.2. The summed E-state index contributed by atoms with van der Waals surface area (Å²) in [6, 6.07) is 109. The quantitative estimate of drug-likeness (QED) is 0.134. The number of para-hydroxylation sites is 4. The van der Waals surface area contributed by atoms with E-state index in [2.05, 4.69) is 317 Å². The van der Waals surface area contributed by atoms with E-state index in [-0.39, 0.29) is 6.71 Å². The minimum atomic E-state index is -0.152. The molecule has 0 saturated carbocycles. The Labute approximate surface area is 449 Å². The van der Waals surface area contributed by atoms with Gasteiger partial charge in [-0.15, -0.1) is 0 Å². The minimum Gasteiger partial charge on any atom is -0.311 e. The molecule has 0 radical (unpaired) electrons. The van der Waals surface area contributed by atoms with Crippen LogP contribution in [0.25, 0.3) is 60.9 Å². The SMILES string of the molecule is c1ccc(-c2ccc(N3c4ccc(-c5ccccc5)cc4B4c5ccc6c(c5N(c5cccc(-c7ccccc7)c5)c5cc(N(c7ccccc7)c7ccccc7)cc3c54)c3ccccc3n6-c3ccccc3)cc2)cc1. The zero-order valence-corrected chi connectivity index (χ0v) is 42.2. The molecule has 77 heavy (non-hydrogen) atoms. The first-order chi connectivity index (χ1) is 38.2. The van der Waals surface area contributed by atoms with Gasteiger partial charge in [0, 0.05) is 56.3 Å². The number of benzene rings is 12. The van der Waals surface area contributed by atoms with E-state index in [1.165, 1.54) is 66.2 Å². The van der Waals surface area contributed by atoms with Crippen LogP contribution in [0.4, 0.5) is 51.2 Å². The fraction of sp³-hybridized carbons (Fsp3) is 0. The molecule has 0 aliphatic carbocycles. The molecule has 5 heteroatoms. The van der Waals surface area contributed by atoms with Crippen LogP contribution in [-0.4, -0.2) is 11.3 Å². The molecule has 0 N–H and O–H groups in total. The molecule has 1 aromatic heterocycles. The first kappa shape index (κ1) is 44.4. The van der Waals surface area contributed by atoms with Crippen molar-refractivity contribution in [3.05, 3.63) is 297 Å². The molecule has 13 aromatic rings. The summed E-state index contributed by atoms with van der Waals surface area (Å²) < 4.78 is 2.45. The molecule has 3 heterocycles. The summed E-state index contributed by atoms with van der Waals surface area (Å²) in [5.74, 6) is 0. The van der Waals surface area contributed by atoms with Crippen LogP contribution in [0.5, 0.6) is 0 Å². The van der Waals surface area contributed by atoms with Gasteiger partial charge in [-0.2, -0.15) is 0 Å². The van der Waals surface area contributed by atoms with Crippen molar-refractivity contribution in [2.75, 3.05) is 14.7 Å². The molecule has 2 aliphatic rings. The molecule has 12 aromatic carbocycles. The number of fused-ring (bicyclic) bond motifs is 8. The van der Waals surface area contributed by atoms with Crippen molar-refractivity contribution in [2.24, 2.45) is 0 Å². The third kappa shape index (κ3) is 7.39. The predicted octanol–water partition coefficient (Wildman–Crippen LogP) is 17.3. The summed E-state index contributed by atoms with van der Waals surface area (Å²) in [6.07, 6.45) is 0. The van der Waals surface area contributed by atoms with E-state index < -0.39 is 0 Å². The molecule has 360 valence electrons. The van der Waals surface area contributed by atoms with E-state index in [1.54, 1.807) is 0 Å². The molecule has 2 aliphatic heterocycles. The maximum absolute atomic E-state index is 2.61. The van der Waals surface area contributed by atoms with Crippen molar-refractivity contribution in [3.8, 4) is 39.1 Å². The molecule has 0 fully saturated rings. The normalized spacial score (nSPS) is 12.3. The maximum atomic E-state index is 2.61. The third-order valence-electron chi connectivity index (χ3n) is 15.7. The third-order valence-corrected chi connectivity index (χ3v) is 15.7. The molecule has 0 unspecified atom stereocenters. The zero-order valence-electron chi connectivity index (χ0n) is 42.2. The second kappa shape index (κ2) is 18.4. The van der Waals surface area contributed by atoms with Gasteiger partial charge in [-0.25, -0.2) is 0 Å². The van der Waals surface area contributed by atoms with Crippen LogP contribution in [0.15, 0.2) is 297 Å². The summed E-state index contributed by atoms with van der Waals surface area (Å²) in [4.78, 5) is 7.57. The lowest BCUT2D eigenvalue weighted by molar-refractivity contribution is 1.18. The summed E-state index contributed by atoms with van der Waals surface area (Å²) in [7, 11) is 0. The van der Waals surface area contributed by atoms with Crippen LogP contribution < -0.4 is 31.1 Å². The maximum Gasteiger partial charge on any atom is 0.252 e. The van der Waals surface area contributed by atoms with Crippen molar-refractivity contribution in [2.45, 2.75) is 0 Å². The summed E-state index contributed by atoms with van der Waals surface area (Å²) in [5, 5.41) is 2.42. The second-order valence-corrected chi connectivity index (χ2v) is 20.1.